The number of aromatic nitrogens is 2. The average molecular weight is 424 g/mol. The van der Waals surface area contributed by atoms with Crippen LogP contribution in [-0.2, 0) is 9.59 Å². The first kappa shape index (κ1) is 21.1. The molecule has 1 N–H and O–H groups in total. The van der Waals surface area contributed by atoms with Crippen LogP contribution in [-0.4, -0.2) is 59.2 Å². The Morgan fingerprint density at radius 3 is 2.39 bits per heavy atom. The summed E-state index contributed by atoms with van der Waals surface area (Å²) in [5, 5.41) is 10.6. The van der Waals surface area contributed by atoms with Gasteiger partial charge in [-0.1, -0.05) is 20.8 Å². The zero-order valence-corrected chi connectivity index (χ0v) is 18.2. The van der Waals surface area contributed by atoms with E-state index in [0.29, 0.717) is 32.6 Å². The largest absolute Gasteiger partial charge is 0.487 e. The topological polar surface area (TPSA) is 87.7 Å². The zero-order chi connectivity index (χ0) is 22.0. The summed E-state index contributed by atoms with van der Waals surface area (Å²) in [6, 6.07) is 9.28. The molecule has 3 heterocycles. The van der Waals surface area contributed by atoms with Gasteiger partial charge in [0.1, 0.15) is 11.9 Å². The fraction of sp³-hybridized carbons (Fsp3) is 0.478. The van der Waals surface area contributed by atoms with Crippen molar-refractivity contribution in [2.45, 2.75) is 33.3 Å². The molecule has 2 amide bonds. The van der Waals surface area contributed by atoms with E-state index in [1.54, 1.807) is 12.4 Å². The number of hydrogen-bond donors (Lipinski definition) is 1. The Hall–Kier alpha value is -3.16. The Morgan fingerprint density at radius 1 is 1.06 bits per heavy atom. The van der Waals surface area contributed by atoms with Crippen molar-refractivity contribution in [1.29, 1.82) is 0 Å². The second-order valence-corrected chi connectivity index (χ2v) is 9.49. The highest BCUT2D eigenvalue weighted by molar-refractivity contribution is 5.94. The van der Waals surface area contributed by atoms with Crippen LogP contribution in [0.5, 0.6) is 5.75 Å². The Morgan fingerprint density at radius 2 is 1.77 bits per heavy atom. The van der Waals surface area contributed by atoms with Gasteiger partial charge in [0, 0.05) is 25.2 Å². The first-order chi connectivity index (χ1) is 14.8. The highest BCUT2D eigenvalue weighted by Gasteiger charge is 2.34. The van der Waals surface area contributed by atoms with Gasteiger partial charge >= 0.3 is 0 Å². The third-order valence-corrected chi connectivity index (χ3v) is 5.49. The van der Waals surface area contributed by atoms with Gasteiger partial charge in [-0.15, -0.1) is 0 Å². The molecule has 2 aliphatic rings. The lowest BCUT2D eigenvalue weighted by Gasteiger charge is -2.40. The van der Waals surface area contributed by atoms with E-state index in [1.807, 2.05) is 35.2 Å². The monoisotopic (exact) mass is 423 g/mol. The average Bonchev–Trinajstić information content (AvgIpc) is 2.64. The molecule has 0 bridgehead atoms. The zero-order valence-electron chi connectivity index (χ0n) is 18.2. The summed E-state index contributed by atoms with van der Waals surface area (Å²) in [5.74, 6) is 0.890. The van der Waals surface area contributed by atoms with Gasteiger partial charge in [-0.2, -0.15) is 10.2 Å². The molecule has 0 saturated carbocycles. The molecule has 4 rings (SSSR count). The minimum absolute atomic E-state index is 0.00268. The minimum atomic E-state index is -0.0457. The van der Waals surface area contributed by atoms with Crippen molar-refractivity contribution in [3.63, 3.8) is 0 Å². The van der Waals surface area contributed by atoms with Crippen molar-refractivity contribution in [3.05, 3.63) is 42.7 Å². The predicted octanol–water partition coefficient (Wildman–Crippen LogP) is 2.58. The van der Waals surface area contributed by atoms with Gasteiger partial charge < -0.3 is 19.9 Å². The van der Waals surface area contributed by atoms with Gasteiger partial charge in [0.25, 0.3) is 0 Å². The van der Waals surface area contributed by atoms with E-state index in [0.717, 1.165) is 17.1 Å². The van der Waals surface area contributed by atoms with E-state index in [-0.39, 0.29) is 29.3 Å². The van der Waals surface area contributed by atoms with Crippen molar-refractivity contribution in [2.75, 3.05) is 36.4 Å². The molecule has 164 valence electrons. The smallest absolute Gasteiger partial charge is 0.231 e. The molecule has 2 aliphatic heterocycles. The predicted molar refractivity (Wildman–Crippen MR) is 118 cm³/mol. The third kappa shape index (κ3) is 5.31. The summed E-state index contributed by atoms with van der Waals surface area (Å²) in [5.41, 5.74) is 1.73. The number of nitrogens with one attached hydrogen (secondary N) is 1. The summed E-state index contributed by atoms with van der Waals surface area (Å²) in [6.07, 6.45) is 3.92. The quantitative estimate of drug-likeness (QED) is 0.768. The Bertz CT molecular complexity index is 914. The Labute approximate surface area is 182 Å². The number of amides is 2. The maximum Gasteiger partial charge on any atom is 0.231 e. The molecule has 2 fully saturated rings. The van der Waals surface area contributed by atoms with E-state index in [1.165, 1.54) is 0 Å². The minimum Gasteiger partial charge on any atom is -0.487 e. The van der Waals surface area contributed by atoms with Crippen LogP contribution < -0.4 is 15.0 Å². The maximum atomic E-state index is 12.5. The van der Waals surface area contributed by atoms with Crippen LogP contribution in [0.15, 0.2) is 42.7 Å². The number of likely N-dealkylation sites (tertiary alicyclic amines) is 1. The van der Waals surface area contributed by atoms with E-state index >= 15 is 0 Å². The number of hydrogen-bond acceptors (Lipinski definition) is 6. The molecule has 1 aromatic carbocycles. The van der Waals surface area contributed by atoms with Crippen LogP contribution in [0.4, 0.5) is 11.4 Å². The molecule has 8 nitrogen and oxygen atoms in total. The molecule has 0 unspecified atom stereocenters. The first-order valence-corrected chi connectivity index (χ1v) is 10.6. The normalized spacial score (nSPS) is 17.0. The van der Waals surface area contributed by atoms with Crippen LogP contribution >= 0.6 is 0 Å². The van der Waals surface area contributed by atoms with Crippen LogP contribution in [0.25, 0.3) is 0 Å². The molecule has 8 heteroatoms. The molecule has 0 aliphatic carbocycles. The Kier molecular flexibility index (Phi) is 5.80. The van der Waals surface area contributed by atoms with Crippen LogP contribution in [0.3, 0.4) is 0 Å². The lowest BCUT2D eigenvalue weighted by atomic mass is 9.91. The number of carbonyl (C=O) groups excluding carboxylic acids is 2. The molecular weight excluding hydrogens is 394 g/mol. The van der Waals surface area contributed by atoms with Crippen molar-refractivity contribution in [2.24, 2.45) is 11.3 Å². The molecule has 0 spiro atoms. The van der Waals surface area contributed by atoms with E-state index in [4.69, 9.17) is 4.74 Å². The van der Waals surface area contributed by atoms with E-state index < -0.39 is 0 Å². The van der Waals surface area contributed by atoms with Crippen LogP contribution in [0.2, 0.25) is 0 Å². The third-order valence-electron chi connectivity index (χ3n) is 5.49. The van der Waals surface area contributed by atoms with Crippen LogP contribution in [0.1, 0.15) is 27.2 Å². The summed E-state index contributed by atoms with van der Waals surface area (Å²) < 4.78 is 5.94. The number of rotatable bonds is 6. The van der Waals surface area contributed by atoms with E-state index in [9.17, 15) is 9.59 Å². The number of carbonyl (C=O) groups is 2. The SMILES string of the molecule is CC(C)(C)CC(=O)N1CC(Oc2ccc(NC(=O)C3CN(c4ccnnc4)C3)cc2)C1. The number of benzene rings is 1. The van der Waals surface area contributed by atoms with Crippen molar-refractivity contribution in [1.82, 2.24) is 15.1 Å². The van der Waals surface area contributed by atoms with Crippen molar-refractivity contribution in [3.8, 4) is 5.75 Å². The molecule has 0 atom stereocenters. The highest BCUT2D eigenvalue weighted by Crippen LogP contribution is 2.26. The molecule has 2 aromatic rings. The number of nitrogens with zero attached hydrogens (tertiary/aromatic N) is 4. The fourth-order valence-electron chi connectivity index (χ4n) is 3.66. The molecule has 31 heavy (non-hydrogen) atoms. The summed E-state index contributed by atoms with van der Waals surface area (Å²) in [6.45, 7) is 8.79. The highest BCUT2D eigenvalue weighted by atomic mass is 16.5. The molecular formula is C23H29N5O3. The van der Waals surface area contributed by atoms with Gasteiger partial charge in [-0.25, -0.2) is 0 Å². The van der Waals surface area contributed by atoms with Gasteiger partial charge in [-0.3, -0.25) is 9.59 Å². The van der Waals surface area contributed by atoms with Crippen molar-refractivity contribution >= 4 is 23.2 Å². The summed E-state index contributed by atoms with van der Waals surface area (Å²) in [7, 11) is 0. The summed E-state index contributed by atoms with van der Waals surface area (Å²) >= 11 is 0. The van der Waals surface area contributed by atoms with Gasteiger partial charge in [0.05, 0.1) is 37.1 Å². The lowest BCUT2D eigenvalue weighted by Crippen LogP contribution is -2.56. The second-order valence-electron chi connectivity index (χ2n) is 9.49. The van der Waals surface area contributed by atoms with Gasteiger partial charge in [0.2, 0.25) is 11.8 Å². The molecule has 1 aromatic heterocycles. The maximum absolute atomic E-state index is 12.5. The number of ether oxygens (including phenoxy) is 1. The van der Waals surface area contributed by atoms with Gasteiger partial charge in [-0.05, 0) is 35.7 Å². The number of anilines is 2. The van der Waals surface area contributed by atoms with E-state index in [2.05, 4.69) is 41.2 Å². The lowest BCUT2D eigenvalue weighted by molar-refractivity contribution is -0.141. The Balaban J connectivity index is 1.19. The van der Waals surface area contributed by atoms with Crippen LogP contribution in [0, 0.1) is 11.3 Å². The molecule has 0 radical (unpaired) electrons. The molecule has 2 saturated heterocycles. The van der Waals surface area contributed by atoms with Crippen molar-refractivity contribution < 1.29 is 14.3 Å². The summed E-state index contributed by atoms with van der Waals surface area (Å²) in [4.78, 5) is 28.6. The first-order valence-electron chi connectivity index (χ1n) is 10.6. The second kappa shape index (κ2) is 8.53. The fourth-order valence-corrected chi connectivity index (χ4v) is 3.66. The standard InChI is InChI=1S/C23H29N5O3/c1-23(2,3)10-21(29)28-14-20(15-28)31-19-6-4-17(5-7-19)26-22(30)16-12-27(13-16)18-8-9-24-25-11-18/h4-9,11,16,20H,10,12-15H2,1-3H3,(H,26,30). The van der Waals surface area contributed by atoms with Gasteiger partial charge in [0.15, 0.2) is 0 Å².